The third-order valence-electron chi connectivity index (χ3n) is 5.82. The first-order chi connectivity index (χ1) is 12.8. The maximum absolute atomic E-state index is 11.6. The minimum absolute atomic E-state index is 0.272. The lowest BCUT2D eigenvalue weighted by Gasteiger charge is -2.33. The van der Waals surface area contributed by atoms with Crippen LogP contribution in [0.25, 0.3) is 0 Å². The van der Waals surface area contributed by atoms with Crippen molar-refractivity contribution in [3.8, 4) is 5.75 Å². The van der Waals surface area contributed by atoms with Crippen molar-refractivity contribution in [2.45, 2.75) is 110 Å². The molecule has 5 heteroatoms. The fourth-order valence-corrected chi connectivity index (χ4v) is 4.60. The predicted molar refractivity (Wildman–Crippen MR) is 116 cm³/mol. The van der Waals surface area contributed by atoms with Crippen LogP contribution >= 0.6 is 7.60 Å². The fourth-order valence-electron chi connectivity index (χ4n) is 3.95. The molecule has 0 spiro atoms. The molecule has 28 heavy (non-hydrogen) atoms. The Morgan fingerprint density at radius 3 is 1.61 bits per heavy atom. The highest BCUT2D eigenvalue weighted by Gasteiger charge is 2.31. The van der Waals surface area contributed by atoms with Gasteiger partial charge in [0.15, 0.2) is 0 Å². The molecule has 1 atom stereocenters. The number of aromatic hydroxyl groups is 1. The highest BCUT2D eigenvalue weighted by atomic mass is 31.2. The molecule has 1 unspecified atom stereocenters. The molecule has 0 bridgehead atoms. The van der Waals surface area contributed by atoms with E-state index in [0.717, 1.165) is 62.5 Å². The Morgan fingerprint density at radius 1 is 0.893 bits per heavy atom. The molecule has 1 aromatic carbocycles. The Kier molecular flexibility index (Phi) is 9.25. The summed E-state index contributed by atoms with van der Waals surface area (Å²) >= 11 is 0. The van der Waals surface area contributed by atoms with Crippen LogP contribution in [0, 0.1) is 0 Å². The zero-order valence-electron chi connectivity index (χ0n) is 18.7. The van der Waals surface area contributed by atoms with Crippen LogP contribution in [-0.2, 0) is 21.6 Å². The normalized spacial score (nSPS) is 14.9. The molecule has 0 saturated heterocycles. The molecule has 0 saturated carbocycles. The fraction of sp³-hybridized carbons (Fsp3) is 0.739. The minimum Gasteiger partial charge on any atom is -0.778 e. The Hall–Kier alpha value is -0.830. The third kappa shape index (κ3) is 7.54. The van der Waals surface area contributed by atoms with E-state index >= 15 is 0 Å². The summed E-state index contributed by atoms with van der Waals surface area (Å²) in [6.45, 7) is 12.7. The number of hydrogen-bond acceptors (Lipinski definition) is 3. The van der Waals surface area contributed by atoms with Crippen molar-refractivity contribution in [1.82, 2.24) is 0 Å². The SMILES string of the molecule is CCCCCC(C)(C)c1cc(CP(=O)([O-])O)cc(C(C)(C)CCCCC)c1O. The molecular formula is C23H40O4P-. The summed E-state index contributed by atoms with van der Waals surface area (Å²) in [4.78, 5) is 21.0. The Morgan fingerprint density at radius 2 is 1.29 bits per heavy atom. The minimum atomic E-state index is -4.43. The van der Waals surface area contributed by atoms with Gasteiger partial charge in [0.25, 0.3) is 0 Å². The molecule has 0 fully saturated rings. The van der Waals surface area contributed by atoms with Crippen LogP contribution in [0.4, 0.5) is 0 Å². The molecule has 0 aromatic heterocycles. The number of unbranched alkanes of at least 4 members (excludes halogenated alkanes) is 4. The number of rotatable bonds is 12. The number of benzene rings is 1. The molecule has 4 nitrogen and oxygen atoms in total. The Balaban J connectivity index is 3.41. The van der Waals surface area contributed by atoms with Crippen LogP contribution in [0.5, 0.6) is 5.75 Å². The van der Waals surface area contributed by atoms with Crippen molar-refractivity contribution in [2.24, 2.45) is 0 Å². The zero-order valence-corrected chi connectivity index (χ0v) is 19.6. The first-order valence-corrected chi connectivity index (χ1v) is 12.5. The predicted octanol–water partition coefficient (Wildman–Crippen LogP) is 6.15. The maximum atomic E-state index is 11.6. The van der Waals surface area contributed by atoms with E-state index in [4.69, 9.17) is 0 Å². The summed E-state index contributed by atoms with van der Waals surface area (Å²) < 4.78 is 11.6. The lowest BCUT2D eigenvalue weighted by molar-refractivity contribution is -0.194. The van der Waals surface area contributed by atoms with Crippen LogP contribution in [-0.4, -0.2) is 10.00 Å². The van der Waals surface area contributed by atoms with Crippen LogP contribution in [0.2, 0.25) is 0 Å². The van der Waals surface area contributed by atoms with E-state index in [2.05, 4.69) is 41.5 Å². The van der Waals surface area contributed by atoms with Crippen molar-refractivity contribution in [1.29, 1.82) is 0 Å². The molecule has 1 rings (SSSR count). The summed E-state index contributed by atoms with van der Waals surface area (Å²) in [7, 11) is -4.43. The van der Waals surface area contributed by atoms with Crippen molar-refractivity contribution < 1.29 is 19.5 Å². The summed E-state index contributed by atoms with van der Waals surface area (Å²) in [6.07, 6.45) is 8.07. The highest BCUT2D eigenvalue weighted by molar-refractivity contribution is 7.49. The van der Waals surface area contributed by atoms with Crippen molar-refractivity contribution in [2.75, 3.05) is 0 Å². The van der Waals surface area contributed by atoms with Gasteiger partial charge in [-0.05, 0) is 29.2 Å². The van der Waals surface area contributed by atoms with Gasteiger partial charge in [0.2, 0.25) is 0 Å². The van der Waals surface area contributed by atoms with E-state index in [9.17, 15) is 19.5 Å². The summed E-state index contributed by atoms with van der Waals surface area (Å²) in [5, 5.41) is 11.2. The number of phenols is 1. The Labute approximate surface area is 171 Å². The van der Waals surface area contributed by atoms with E-state index in [1.165, 1.54) is 0 Å². The number of phenolic OH excluding ortho intramolecular Hbond substituents is 1. The highest BCUT2D eigenvalue weighted by Crippen LogP contribution is 2.45. The molecule has 0 aliphatic rings. The first kappa shape index (κ1) is 25.2. The van der Waals surface area contributed by atoms with Gasteiger partial charge < -0.3 is 19.5 Å². The molecule has 1 aromatic rings. The molecular weight excluding hydrogens is 371 g/mol. The second kappa shape index (κ2) is 10.3. The van der Waals surface area contributed by atoms with Gasteiger partial charge in [0.05, 0.1) is 0 Å². The lowest BCUT2D eigenvalue weighted by Crippen LogP contribution is -2.23. The lowest BCUT2D eigenvalue weighted by atomic mass is 9.73. The van der Waals surface area contributed by atoms with E-state index in [1.807, 2.05) is 0 Å². The van der Waals surface area contributed by atoms with Crippen LogP contribution < -0.4 is 4.89 Å². The second-order valence-corrected chi connectivity index (χ2v) is 11.1. The van der Waals surface area contributed by atoms with Gasteiger partial charge in [-0.2, -0.15) is 0 Å². The topological polar surface area (TPSA) is 80.6 Å². The van der Waals surface area contributed by atoms with Crippen molar-refractivity contribution in [3.05, 3.63) is 28.8 Å². The quantitative estimate of drug-likeness (QED) is 0.319. The van der Waals surface area contributed by atoms with E-state index in [-0.39, 0.29) is 16.6 Å². The maximum Gasteiger partial charge on any atom is 0.136 e. The summed E-state index contributed by atoms with van der Waals surface area (Å²) in [6, 6.07) is 3.54. The standard InChI is InChI=1S/C23H41O4P/c1-7-9-11-13-22(3,4)19-15-18(17-28(25,26)27)16-20(21(19)24)23(5,6)14-12-10-8-2/h15-16,24H,7-14,17H2,1-6H3,(H2,25,26,27)/p-1. The average molecular weight is 412 g/mol. The third-order valence-corrected chi connectivity index (χ3v) is 6.59. The largest absolute Gasteiger partial charge is 0.778 e. The molecule has 0 radical (unpaired) electrons. The molecule has 0 aliphatic carbocycles. The molecule has 0 aliphatic heterocycles. The van der Waals surface area contributed by atoms with Gasteiger partial charge >= 0.3 is 0 Å². The van der Waals surface area contributed by atoms with E-state index < -0.39 is 13.8 Å². The summed E-state index contributed by atoms with van der Waals surface area (Å²) in [5.74, 6) is 0.283. The monoisotopic (exact) mass is 411 g/mol. The summed E-state index contributed by atoms with van der Waals surface area (Å²) in [5.41, 5.74) is 1.58. The number of hydrogen-bond donors (Lipinski definition) is 2. The van der Waals surface area contributed by atoms with Gasteiger partial charge in [-0.1, -0.05) is 92.2 Å². The second-order valence-electron chi connectivity index (χ2n) is 9.52. The van der Waals surface area contributed by atoms with Gasteiger partial charge in [-0.3, -0.25) is 0 Å². The van der Waals surface area contributed by atoms with E-state index in [1.54, 1.807) is 12.1 Å². The molecule has 0 heterocycles. The Bertz CT molecular complexity index is 630. The van der Waals surface area contributed by atoms with Crippen molar-refractivity contribution >= 4 is 7.60 Å². The van der Waals surface area contributed by atoms with Crippen LogP contribution in [0.3, 0.4) is 0 Å². The van der Waals surface area contributed by atoms with Gasteiger partial charge in [0.1, 0.15) is 13.3 Å². The molecule has 162 valence electrons. The van der Waals surface area contributed by atoms with Gasteiger partial charge in [-0.15, -0.1) is 0 Å². The average Bonchev–Trinajstić information content (AvgIpc) is 2.55. The smallest absolute Gasteiger partial charge is 0.136 e. The van der Waals surface area contributed by atoms with Gasteiger partial charge in [-0.25, -0.2) is 0 Å². The first-order valence-electron chi connectivity index (χ1n) is 10.7. The van der Waals surface area contributed by atoms with Gasteiger partial charge in [0, 0.05) is 17.3 Å². The van der Waals surface area contributed by atoms with E-state index in [0.29, 0.717) is 5.56 Å². The zero-order chi connectivity index (χ0) is 21.6. The molecule has 2 N–H and O–H groups in total. The molecule has 0 amide bonds. The van der Waals surface area contributed by atoms with Crippen LogP contribution in [0.1, 0.15) is 110 Å². The van der Waals surface area contributed by atoms with Crippen LogP contribution in [0.15, 0.2) is 12.1 Å². The van der Waals surface area contributed by atoms with Crippen molar-refractivity contribution in [3.63, 3.8) is 0 Å².